The van der Waals surface area contributed by atoms with E-state index in [0.717, 1.165) is 17.8 Å². The van der Waals surface area contributed by atoms with Crippen LogP contribution in [0.3, 0.4) is 0 Å². The van der Waals surface area contributed by atoms with Crippen LogP contribution < -0.4 is 5.32 Å². The molecule has 0 spiro atoms. The molecule has 3 nitrogen and oxygen atoms in total. The predicted molar refractivity (Wildman–Crippen MR) is 74.8 cm³/mol. The fourth-order valence-corrected chi connectivity index (χ4v) is 5.43. The average molecular weight is 265 g/mol. The Morgan fingerprint density at radius 2 is 1.63 bits per heavy atom. The van der Waals surface area contributed by atoms with Crippen molar-refractivity contribution in [3.8, 4) is 0 Å². The molecule has 1 N–H and O–H groups in total. The Hall–Kier alpha value is -0.730. The quantitative estimate of drug-likeness (QED) is 0.844. The standard InChI is InChI=1S/C16H27NO2/c1-4-19-14(18)17-15(2,3)16-8-11-5-12(9-16)7-13(6-11)10-16/h11-13H,4-10H2,1-3H3,(H,17,18). The van der Waals surface area contributed by atoms with Crippen molar-refractivity contribution in [1.82, 2.24) is 5.32 Å². The smallest absolute Gasteiger partial charge is 0.407 e. The number of hydrogen-bond acceptors (Lipinski definition) is 2. The van der Waals surface area contributed by atoms with E-state index in [0.29, 0.717) is 12.0 Å². The zero-order valence-corrected chi connectivity index (χ0v) is 12.5. The first-order valence-corrected chi connectivity index (χ1v) is 7.89. The topological polar surface area (TPSA) is 38.3 Å². The molecule has 0 aromatic rings. The number of ether oxygens (including phenoxy) is 1. The van der Waals surface area contributed by atoms with Gasteiger partial charge in [-0.3, -0.25) is 0 Å². The molecule has 108 valence electrons. The van der Waals surface area contributed by atoms with Crippen LogP contribution in [-0.4, -0.2) is 18.2 Å². The van der Waals surface area contributed by atoms with Crippen LogP contribution in [-0.2, 0) is 4.74 Å². The van der Waals surface area contributed by atoms with E-state index < -0.39 is 0 Å². The van der Waals surface area contributed by atoms with Crippen molar-refractivity contribution < 1.29 is 9.53 Å². The van der Waals surface area contributed by atoms with Gasteiger partial charge in [0.2, 0.25) is 0 Å². The number of alkyl carbamates (subject to hydrolysis) is 1. The van der Waals surface area contributed by atoms with E-state index >= 15 is 0 Å². The molecular weight excluding hydrogens is 238 g/mol. The average Bonchev–Trinajstić information content (AvgIpc) is 2.26. The lowest BCUT2D eigenvalue weighted by Gasteiger charge is -2.62. The largest absolute Gasteiger partial charge is 0.450 e. The molecule has 4 bridgehead atoms. The zero-order chi connectivity index (χ0) is 13.7. The Kier molecular flexibility index (Phi) is 3.06. The molecule has 0 aromatic heterocycles. The van der Waals surface area contributed by atoms with E-state index in [2.05, 4.69) is 19.2 Å². The normalized spacial score (nSPS) is 40.3. The van der Waals surface area contributed by atoms with E-state index in [1.807, 2.05) is 6.92 Å². The van der Waals surface area contributed by atoms with E-state index in [1.54, 1.807) is 0 Å². The highest BCUT2D eigenvalue weighted by molar-refractivity contribution is 5.68. The van der Waals surface area contributed by atoms with Gasteiger partial charge >= 0.3 is 6.09 Å². The molecule has 0 saturated heterocycles. The minimum Gasteiger partial charge on any atom is -0.450 e. The summed E-state index contributed by atoms with van der Waals surface area (Å²) in [7, 11) is 0. The minimum atomic E-state index is -0.247. The summed E-state index contributed by atoms with van der Waals surface area (Å²) in [4.78, 5) is 11.8. The van der Waals surface area contributed by atoms with E-state index in [-0.39, 0.29) is 11.6 Å². The summed E-state index contributed by atoms with van der Waals surface area (Å²) in [5.41, 5.74) is 0.170. The summed E-state index contributed by atoms with van der Waals surface area (Å²) in [5.74, 6) is 2.73. The lowest BCUT2D eigenvalue weighted by Crippen LogP contribution is -2.62. The molecule has 4 saturated carbocycles. The highest BCUT2D eigenvalue weighted by Gasteiger charge is 2.57. The molecule has 4 aliphatic carbocycles. The summed E-state index contributed by atoms with van der Waals surface area (Å²) < 4.78 is 5.09. The van der Waals surface area contributed by atoms with E-state index in [9.17, 15) is 4.79 Å². The van der Waals surface area contributed by atoms with Crippen LogP contribution in [0, 0.1) is 23.2 Å². The summed E-state index contributed by atoms with van der Waals surface area (Å²) in [5, 5.41) is 3.15. The first-order chi connectivity index (χ1) is 8.94. The second kappa shape index (κ2) is 4.39. The summed E-state index contributed by atoms with van der Waals surface area (Å²) in [6, 6.07) is 0. The molecule has 0 unspecified atom stereocenters. The fraction of sp³-hybridized carbons (Fsp3) is 0.938. The van der Waals surface area contributed by atoms with Crippen molar-refractivity contribution in [3.63, 3.8) is 0 Å². The van der Waals surface area contributed by atoms with Gasteiger partial charge in [0.05, 0.1) is 6.61 Å². The molecule has 0 radical (unpaired) electrons. The molecule has 19 heavy (non-hydrogen) atoms. The van der Waals surface area contributed by atoms with Gasteiger partial charge in [-0.1, -0.05) is 0 Å². The highest BCUT2D eigenvalue weighted by Crippen LogP contribution is 2.63. The molecule has 4 rings (SSSR count). The molecule has 0 aliphatic heterocycles. The van der Waals surface area contributed by atoms with Crippen LogP contribution in [0.2, 0.25) is 0 Å². The van der Waals surface area contributed by atoms with Crippen molar-refractivity contribution >= 4 is 6.09 Å². The maximum Gasteiger partial charge on any atom is 0.407 e. The van der Waals surface area contributed by atoms with Gasteiger partial charge in [-0.15, -0.1) is 0 Å². The van der Waals surface area contributed by atoms with E-state index in [1.165, 1.54) is 38.5 Å². The molecule has 3 heteroatoms. The van der Waals surface area contributed by atoms with Gasteiger partial charge < -0.3 is 10.1 Å². The van der Waals surface area contributed by atoms with Gasteiger partial charge in [-0.25, -0.2) is 4.79 Å². The van der Waals surface area contributed by atoms with Gasteiger partial charge in [0.1, 0.15) is 0 Å². The lowest BCUT2D eigenvalue weighted by molar-refractivity contribution is -0.0967. The van der Waals surface area contributed by atoms with Gasteiger partial charge in [0.15, 0.2) is 0 Å². The predicted octanol–water partition coefficient (Wildman–Crippen LogP) is 3.73. The maximum atomic E-state index is 11.8. The second-order valence-corrected chi connectivity index (χ2v) is 7.67. The van der Waals surface area contributed by atoms with Crippen LogP contribution in [0.5, 0.6) is 0 Å². The van der Waals surface area contributed by atoms with Crippen LogP contribution >= 0.6 is 0 Å². The number of carbonyl (C=O) groups excluding carboxylic acids is 1. The van der Waals surface area contributed by atoms with Gasteiger partial charge in [-0.2, -0.15) is 0 Å². The number of hydrogen-bond donors (Lipinski definition) is 1. The second-order valence-electron chi connectivity index (χ2n) is 7.67. The summed E-state index contributed by atoms with van der Waals surface area (Å²) in [6.07, 6.45) is 7.98. The molecule has 4 aliphatic rings. The minimum absolute atomic E-state index is 0.144. The van der Waals surface area contributed by atoms with Gasteiger partial charge in [0, 0.05) is 5.54 Å². The third-order valence-electron chi connectivity index (χ3n) is 6.05. The first kappa shape index (κ1) is 13.3. The molecule has 1 amide bonds. The Bertz CT molecular complexity index is 340. The van der Waals surface area contributed by atoms with Crippen molar-refractivity contribution in [2.24, 2.45) is 23.2 Å². The van der Waals surface area contributed by atoms with Gasteiger partial charge in [-0.05, 0) is 82.5 Å². The molecular formula is C16H27NO2. The summed E-state index contributed by atoms with van der Waals surface area (Å²) in [6.45, 7) is 6.72. The molecule has 4 fully saturated rings. The monoisotopic (exact) mass is 265 g/mol. The molecule has 0 aromatic carbocycles. The van der Waals surface area contributed by atoms with Crippen molar-refractivity contribution in [2.75, 3.05) is 6.61 Å². The van der Waals surface area contributed by atoms with Gasteiger partial charge in [0.25, 0.3) is 0 Å². The van der Waals surface area contributed by atoms with E-state index in [4.69, 9.17) is 4.74 Å². The number of carbonyl (C=O) groups is 1. The first-order valence-electron chi connectivity index (χ1n) is 7.89. The Labute approximate surface area is 116 Å². The van der Waals surface area contributed by atoms with Crippen molar-refractivity contribution in [3.05, 3.63) is 0 Å². The van der Waals surface area contributed by atoms with Crippen LogP contribution in [0.15, 0.2) is 0 Å². The Morgan fingerprint density at radius 1 is 1.16 bits per heavy atom. The van der Waals surface area contributed by atoms with Crippen LogP contribution in [0.4, 0.5) is 4.79 Å². The SMILES string of the molecule is CCOC(=O)NC(C)(C)C12CC3CC(CC(C3)C1)C2. The number of rotatable bonds is 3. The lowest BCUT2D eigenvalue weighted by atomic mass is 9.45. The third kappa shape index (κ3) is 2.15. The van der Waals surface area contributed by atoms with Crippen molar-refractivity contribution in [1.29, 1.82) is 0 Å². The number of amides is 1. The van der Waals surface area contributed by atoms with Crippen molar-refractivity contribution in [2.45, 2.75) is 64.8 Å². The maximum absolute atomic E-state index is 11.8. The summed E-state index contributed by atoms with van der Waals surface area (Å²) >= 11 is 0. The van der Waals surface area contributed by atoms with Crippen LogP contribution in [0.25, 0.3) is 0 Å². The number of nitrogens with one attached hydrogen (secondary N) is 1. The highest BCUT2D eigenvalue weighted by atomic mass is 16.5. The fourth-order valence-electron chi connectivity index (χ4n) is 5.43. The Morgan fingerprint density at radius 3 is 2.05 bits per heavy atom. The molecule has 0 heterocycles. The third-order valence-corrected chi connectivity index (χ3v) is 6.05. The Balaban J connectivity index is 1.78. The van der Waals surface area contributed by atoms with Crippen LogP contribution in [0.1, 0.15) is 59.3 Å². The zero-order valence-electron chi connectivity index (χ0n) is 12.5. The molecule has 0 atom stereocenters.